The van der Waals surface area contributed by atoms with E-state index < -0.39 is 4.92 Å². The zero-order valence-electron chi connectivity index (χ0n) is 12.4. The predicted octanol–water partition coefficient (Wildman–Crippen LogP) is 2.29. The van der Waals surface area contributed by atoms with Crippen LogP contribution < -0.4 is 10.6 Å². The van der Waals surface area contributed by atoms with Crippen molar-refractivity contribution in [3.8, 4) is 0 Å². The van der Waals surface area contributed by atoms with Crippen molar-refractivity contribution in [1.82, 2.24) is 10.3 Å². The number of hydrogen-bond acceptors (Lipinski definition) is 6. The number of nitrogens with zero attached hydrogens (tertiary/aromatic N) is 2. The number of carbonyl (C=O) groups is 1. The lowest BCUT2D eigenvalue weighted by Gasteiger charge is -2.12. The van der Waals surface area contributed by atoms with E-state index in [0.717, 1.165) is 12.6 Å². The van der Waals surface area contributed by atoms with Gasteiger partial charge in [0.15, 0.2) is 0 Å². The summed E-state index contributed by atoms with van der Waals surface area (Å²) in [6.07, 6.45) is 3.97. The van der Waals surface area contributed by atoms with E-state index in [1.54, 1.807) is 11.8 Å². The SMILES string of the molecule is CCCNc1ncc([N+](=O)[O-])cc1C(=O)NCC(C)SC. The van der Waals surface area contributed by atoms with Crippen LogP contribution in [0, 0.1) is 10.1 Å². The zero-order valence-corrected chi connectivity index (χ0v) is 13.2. The third-order valence-electron chi connectivity index (χ3n) is 2.82. The van der Waals surface area contributed by atoms with Crippen molar-refractivity contribution in [2.45, 2.75) is 25.5 Å². The average molecular weight is 312 g/mol. The summed E-state index contributed by atoms with van der Waals surface area (Å²) in [4.78, 5) is 26.5. The molecule has 1 heterocycles. The van der Waals surface area contributed by atoms with Crippen LogP contribution in [0.3, 0.4) is 0 Å². The monoisotopic (exact) mass is 312 g/mol. The van der Waals surface area contributed by atoms with Crippen molar-refractivity contribution in [3.05, 3.63) is 27.9 Å². The summed E-state index contributed by atoms with van der Waals surface area (Å²) in [7, 11) is 0. The first-order valence-corrected chi connectivity index (χ1v) is 7.97. The summed E-state index contributed by atoms with van der Waals surface area (Å²) in [5, 5.41) is 16.9. The molecule has 0 aliphatic rings. The summed E-state index contributed by atoms with van der Waals surface area (Å²) in [5.74, 6) is 0.0162. The largest absolute Gasteiger partial charge is 0.369 e. The Labute approximate surface area is 128 Å². The molecule has 0 aliphatic carbocycles. The molecule has 116 valence electrons. The van der Waals surface area contributed by atoms with Crippen molar-refractivity contribution >= 4 is 29.2 Å². The van der Waals surface area contributed by atoms with Gasteiger partial charge in [-0.25, -0.2) is 4.98 Å². The molecular weight excluding hydrogens is 292 g/mol. The first-order valence-electron chi connectivity index (χ1n) is 6.68. The molecule has 0 radical (unpaired) electrons. The number of hydrogen-bond donors (Lipinski definition) is 2. The maximum Gasteiger partial charge on any atom is 0.288 e. The number of rotatable bonds is 8. The van der Waals surface area contributed by atoms with Crippen LogP contribution in [0.15, 0.2) is 12.3 Å². The molecule has 7 nitrogen and oxygen atoms in total. The molecule has 0 aliphatic heterocycles. The molecule has 0 saturated heterocycles. The summed E-state index contributed by atoms with van der Waals surface area (Å²) in [6.45, 7) is 5.12. The molecule has 0 spiro atoms. The minimum Gasteiger partial charge on any atom is -0.369 e. The van der Waals surface area contributed by atoms with E-state index in [9.17, 15) is 14.9 Å². The van der Waals surface area contributed by atoms with Crippen LogP contribution in [-0.2, 0) is 0 Å². The molecule has 1 unspecified atom stereocenters. The van der Waals surface area contributed by atoms with Gasteiger partial charge >= 0.3 is 0 Å². The Morgan fingerprint density at radius 1 is 1.57 bits per heavy atom. The summed E-state index contributed by atoms with van der Waals surface area (Å²) >= 11 is 1.63. The van der Waals surface area contributed by atoms with Crippen LogP contribution in [0.25, 0.3) is 0 Å². The van der Waals surface area contributed by atoms with Gasteiger partial charge in [-0.05, 0) is 12.7 Å². The summed E-state index contributed by atoms with van der Waals surface area (Å²) in [5.41, 5.74) is 0.00562. The molecule has 1 aromatic rings. The van der Waals surface area contributed by atoms with Crippen LogP contribution in [0.4, 0.5) is 11.5 Å². The second-order valence-electron chi connectivity index (χ2n) is 4.53. The van der Waals surface area contributed by atoms with Gasteiger partial charge in [0.1, 0.15) is 12.0 Å². The first-order chi connectivity index (χ1) is 9.99. The fourth-order valence-electron chi connectivity index (χ4n) is 1.53. The van der Waals surface area contributed by atoms with Gasteiger partial charge in [-0.15, -0.1) is 0 Å². The predicted molar refractivity (Wildman–Crippen MR) is 85.0 cm³/mol. The fraction of sp³-hybridized carbons (Fsp3) is 0.538. The van der Waals surface area contributed by atoms with E-state index in [0.29, 0.717) is 18.9 Å². The maximum atomic E-state index is 12.2. The number of nitro groups is 1. The lowest BCUT2D eigenvalue weighted by molar-refractivity contribution is -0.385. The van der Waals surface area contributed by atoms with Crippen molar-refractivity contribution in [2.75, 3.05) is 24.7 Å². The van der Waals surface area contributed by atoms with Gasteiger partial charge in [0.2, 0.25) is 0 Å². The van der Waals surface area contributed by atoms with E-state index >= 15 is 0 Å². The van der Waals surface area contributed by atoms with Crippen LogP contribution in [0.5, 0.6) is 0 Å². The second-order valence-corrected chi connectivity index (χ2v) is 5.81. The first kappa shape index (κ1) is 17.2. The normalized spacial score (nSPS) is 11.8. The van der Waals surface area contributed by atoms with Gasteiger partial charge in [0.05, 0.1) is 10.5 Å². The lowest BCUT2D eigenvalue weighted by Crippen LogP contribution is -2.30. The number of aromatic nitrogens is 1. The Kier molecular flexibility index (Phi) is 6.93. The van der Waals surface area contributed by atoms with E-state index in [1.807, 2.05) is 20.1 Å². The van der Waals surface area contributed by atoms with Crippen molar-refractivity contribution in [2.24, 2.45) is 0 Å². The van der Waals surface area contributed by atoms with Gasteiger partial charge in [0.25, 0.3) is 11.6 Å². The Hall–Kier alpha value is -1.83. The molecule has 1 aromatic heterocycles. The highest BCUT2D eigenvalue weighted by atomic mass is 32.2. The minimum atomic E-state index is -0.558. The Bertz CT molecular complexity index is 510. The number of nitrogens with one attached hydrogen (secondary N) is 2. The molecular formula is C13H20N4O3S. The Morgan fingerprint density at radius 3 is 2.86 bits per heavy atom. The third kappa shape index (κ3) is 5.22. The Morgan fingerprint density at radius 2 is 2.29 bits per heavy atom. The third-order valence-corrected chi connectivity index (χ3v) is 3.79. The van der Waals surface area contributed by atoms with Gasteiger partial charge in [-0.1, -0.05) is 13.8 Å². The number of thioether (sulfide) groups is 1. The van der Waals surface area contributed by atoms with Gasteiger partial charge in [-0.3, -0.25) is 14.9 Å². The standard InChI is InChI=1S/C13H20N4O3S/c1-4-5-14-12-11(6-10(8-15-12)17(19)20)13(18)16-7-9(2)21-3/h6,8-9H,4-5,7H2,1-3H3,(H,14,15)(H,16,18). The molecule has 0 fully saturated rings. The molecule has 0 bridgehead atoms. The van der Waals surface area contributed by atoms with E-state index in [-0.39, 0.29) is 22.4 Å². The molecule has 1 atom stereocenters. The summed E-state index contributed by atoms with van der Waals surface area (Å²) in [6, 6.07) is 1.25. The second kappa shape index (κ2) is 8.46. The van der Waals surface area contributed by atoms with Crippen molar-refractivity contribution in [3.63, 3.8) is 0 Å². The molecule has 0 saturated carbocycles. The molecule has 8 heteroatoms. The molecule has 21 heavy (non-hydrogen) atoms. The van der Waals surface area contributed by atoms with E-state index in [1.165, 1.54) is 6.07 Å². The van der Waals surface area contributed by atoms with Crippen LogP contribution in [0.1, 0.15) is 30.6 Å². The number of pyridine rings is 1. The van der Waals surface area contributed by atoms with E-state index in [4.69, 9.17) is 0 Å². The minimum absolute atomic E-state index is 0.194. The quantitative estimate of drug-likeness (QED) is 0.564. The van der Waals surface area contributed by atoms with Gasteiger partial charge in [0, 0.05) is 24.4 Å². The van der Waals surface area contributed by atoms with Gasteiger partial charge in [-0.2, -0.15) is 11.8 Å². The number of anilines is 1. The number of amides is 1. The zero-order chi connectivity index (χ0) is 15.8. The lowest BCUT2D eigenvalue weighted by atomic mass is 10.2. The number of carbonyl (C=O) groups excluding carboxylic acids is 1. The Balaban J connectivity index is 2.95. The highest BCUT2D eigenvalue weighted by Gasteiger charge is 2.18. The van der Waals surface area contributed by atoms with Crippen LogP contribution in [0.2, 0.25) is 0 Å². The summed E-state index contributed by atoms with van der Waals surface area (Å²) < 4.78 is 0. The molecule has 1 amide bonds. The highest BCUT2D eigenvalue weighted by molar-refractivity contribution is 7.99. The fourth-order valence-corrected chi connectivity index (χ4v) is 1.78. The molecule has 0 aromatic carbocycles. The molecule has 2 N–H and O–H groups in total. The van der Waals surface area contributed by atoms with Crippen molar-refractivity contribution < 1.29 is 9.72 Å². The van der Waals surface area contributed by atoms with Crippen LogP contribution in [-0.4, -0.2) is 40.4 Å². The molecule has 1 rings (SSSR count). The highest BCUT2D eigenvalue weighted by Crippen LogP contribution is 2.19. The smallest absolute Gasteiger partial charge is 0.288 e. The average Bonchev–Trinajstić information content (AvgIpc) is 2.49. The van der Waals surface area contributed by atoms with Crippen LogP contribution >= 0.6 is 11.8 Å². The topological polar surface area (TPSA) is 97.2 Å². The van der Waals surface area contributed by atoms with Gasteiger partial charge < -0.3 is 10.6 Å². The van der Waals surface area contributed by atoms with Crippen molar-refractivity contribution in [1.29, 1.82) is 0 Å². The van der Waals surface area contributed by atoms with E-state index in [2.05, 4.69) is 15.6 Å². The maximum absolute atomic E-state index is 12.2.